The van der Waals surface area contributed by atoms with Crippen LogP contribution in [-0.4, -0.2) is 71.8 Å². The van der Waals surface area contributed by atoms with Crippen molar-refractivity contribution in [3.63, 3.8) is 0 Å². The van der Waals surface area contributed by atoms with Crippen LogP contribution >= 0.6 is 0 Å². The maximum absolute atomic E-state index is 13.8. The molecule has 0 radical (unpaired) electrons. The highest BCUT2D eigenvalue weighted by Crippen LogP contribution is 2.34. The molecule has 3 amide bonds. The van der Waals surface area contributed by atoms with Gasteiger partial charge in [-0.05, 0) is 79.3 Å². The van der Waals surface area contributed by atoms with E-state index in [1.54, 1.807) is 4.90 Å². The van der Waals surface area contributed by atoms with Crippen molar-refractivity contribution in [2.24, 2.45) is 0 Å². The molecule has 12 heteroatoms. The Morgan fingerprint density at radius 3 is 2.37 bits per heavy atom. The second-order valence-electron chi connectivity index (χ2n) is 11.9. The lowest BCUT2D eigenvalue weighted by Gasteiger charge is -2.43. The average molecular weight is 638 g/mol. The highest BCUT2D eigenvalue weighted by molar-refractivity contribution is 6.05. The standard InChI is InChI=1S/C34H34F3N3O6/c35-34(36,37)23-7-5-20(6-8-23)32(43)39-24-9-12-29-27(17-24)33(44)40(13-14-41)28-11-10-26(46-30(28)19-45-29)18-31(42)38-25-15-21-3-1-2-4-22(21)16-25/h1-9,12,17,25-26,28,30,41H,10-11,13-16,18-19H2,(H,38,42)(H,39,43)/t26-,28-,30-/m0/s1. The summed E-state index contributed by atoms with van der Waals surface area (Å²) in [6.07, 6.45) is -2.58. The molecular formula is C34H34F3N3O6. The minimum absolute atomic E-state index is 0.0167. The van der Waals surface area contributed by atoms with Gasteiger partial charge in [-0.15, -0.1) is 0 Å². The molecule has 6 rings (SSSR count). The predicted molar refractivity (Wildman–Crippen MR) is 162 cm³/mol. The van der Waals surface area contributed by atoms with Crippen molar-refractivity contribution in [2.75, 3.05) is 25.1 Å². The molecule has 0 unspecified atom stereocenters. The first-order valence-corrected chi connectivity index (χ1v) is 15.3. The van der Waals surface area contributed by atoms with Gasteiger partial charge in [-0.1, -0.05) is 24.3 Å². The normalized spacial score (nSPS) is 21.3. The molecule has 1 fully saturated rings. The first-order valence-electron chi connectivity index (χ1n) is 15.3. The monoisotopic (exact) mass is 637 g/mol. The molecule has 9 nitrogen and oxygen atoms in total. The number of halogens is 3. The van der Waals surface area contributed by atoms with E-state index < -0.39 is 35.7 Å². The molecule has 0 saturated carbocycles. The number of nitrogens with zero attached hydrogens (tertiary/aromatic N) is 1. The number of carbonyl (C=O) groups is 3. The number of anilines is 1. The van der Waals surface area contributed by atoms with Crippen molar-refractivity contribution in [1.29, 1.82) is 0 Å². The van der Waals surface area contributed by atoms with Gasteiger partial charge in [-0.3, -0.25) is 14.4 Å². The third-order valence-corrected chi connectivity index (χ3v) is 8.76. The van der Waals surface area contributed by atoms with Crippen LogP contribution in [0.1, 0.15) is 56.7 Å². The molecule has 1 saturated heterocycles. The third-order valence-electron chi connectivity index (χ3n) is 8.76. The molecule has 3 aliphatic rings. The lowest BCUT2D eigenvalue weighted by Crippen LogP contribution is -2.56. The van der Waals surface area contributed by atoms with Crippen molar-refractivity contribution in [3.8, 4) is 5.75 Å². The van der Waals surface area contributed by atoms with Gasteiger partial charge in [0.1, 0.15) is 18.5 Å². The molecule has 46 heavy (non-hydrogen) atoms. The number of alkyl halides is 3. The van der Waals surface area contributed by atoms with E-state index in [2.05, 4.69) is 22.8 Å². The van der Waals surface area contributed by atoms with E-state index >= 15 is 0 Å². The molecule has 1 aliphatic carbocycles. The summed E-state index contributed by atoms with van der Waals surface area (Å²) in [7, 11) is 0. The average Bonchev–Trinajstić information content (AvgIpc) is 3.44. The van der Waals surface area contributed by atoms with Gasteiger partial charge in [-0.25, -0.2) is 0 Å². The number of aliphatic hydroxyl groups is 1. The predicted octanol–water partition coefficient (Wildman–Crippen LogP) is 4.37. The highest BCUT2D eigenvalue weighted by atomic mass is 19.4. The number of hydrogen-bond acceptors (Lipinski definition) is 6. The Balaban J connectivity index is 1.11. The number of rotatable bonds is 7. The summed E-state index contributed by atoms with van der Waals surface area (Å²) in [6, 6.07) is 16.1. The number of β-amino-alcohol motifs (C(OH)–C–C–N with tert-alkyl or cyclic N) is 1. The van der Waals surface area contributed by atoms with Crippen molar-refractivity contribution in [3.05, 3.63) is 94.5 Å². The Labute approximate surface area is 263 Å². The largest absolute Gasteiger partial charge is 0.490 e. The van der Waals surface area contributed by atoms with Gasteiger partial charge in [0.25, 0.3) is 11.8 Å². The summed E-state index contributed by atoms with van der Waals surface area (Å²) < 4.78 is 51.1. The second kappa shape index (κ2) is 13.1. The fourth-order valence-electron chi connectivity index (χ4n) is 6.53. The summed E-state index contributed by atoms with van der Waals surface area (Å²) in [6.45, 7) is -0.149. The zero-order valence-electron chi connectivity index (χ0n) is 24.9. The zero-order valence-corrected chi connectivity index (χ0v) is 24.9. The van der Waals surface area contributed by atoms with Crippen molar-refractivity contribution < 1.29 is 42.1 Å². The fraction of sp³-hybridized carbons (Fsp3) is 0.382. The van der Waals surface area contributed by atoms with Gasteiger partial charge in [0, 0.05) is 23.8 Å². The van der Waals surface area contributed by atoms with Gasteiger partial charge < -0.3 is 30.1 Å². The number of aliphatic hydroxyl groups excluding tert-OH is 1. The molecule has 3 aromatic carbocycles. The molecule has 3 aromatic rings. The van der Waals surface area contributed by atoms with Gasteiger partial charge in [-0.2, -0.15) is 13.2 Å². The Hall–Kier alpha value is -4.42. The fourth-order valence-corrected chi connectivity index (χ4v) is 6.53. The topological polar surface area (TPSA) is 117 Å². The summed E-state index contributed by atoms with van der Waals surface area (Å²) in [5.41, 5.74) is 2.06. The van der Waals surface area contributed by atoms with Crippen LogP contribution in [0.25, 0.3) is 0 Å². The van der Waals surface area contributed by atoms with Gasteiger partial charge in [0.05, 0.1) is 36.3 Å². The maximum Gasteiger partial charge on any atom is 0.416 e. The Bertz CT molecular complexity index is 1590. The van der Waals surface area contributed by atoms with Crippen LogP contribution in [0.5, 0.6) is 5.75 Å². The van der Waals surface area contributed by atoms with Crippen LogP contribution in [0, 0.1) is 0 Å². The molecule has 2 heterocycles. The second-order valence-corrected chi connectivity index (χ2v) is 11.9. The SMILES string of the molecule is O=C(C[C@@H]1CC[C@H]2[C@H](COc3ccc(NC(=O)c4ccc(C(F)(F)F)cc4)cc3C(=O)N2CCO)O1)NC1Cc2ccccc2C1. The van der Waals surface area contributed by atoms with Crippen molar-refractivity contribution in [1.82, 2.24) is 10.2 Å². The van der Waals surface area contributed by atoms with Crippen LogP contribution in [-0.2, 0) is 28.5 Å². The van der Waals surface area contributed by atoms with E-state index in [1.165, 1.54) is 29.3 Å². The summed E-state index contributed by atoms with van der Waals surface area (Å²) in [5, 5.41) is 15.6. The molecule has 2 aliphatic heterocycles. The smallest absolute Gasteiger partial charge is 0.416 e. The summed E-state index contributed by atoms with van der Waals surface area (Å²) >= 11 is 0. The quantitative estimate of drug-likeness (QED) is 0.354. The van der Waals surface area contributed by atoms with Gasteiger partial charge >= 0.3 is 6.18 Å². The van der Waals surface area contributed by atoms with Crippen LogP contribution < -0.4 is 15.4 Å². The Kier molecular flexibility index (Phi) is 9.01. The lowest BCUT2D eigenvalue weighted by molar-refractivity contribution is -0.137. The van der Waals surface area contributed by atoms with Crippen LogP contribution in [0.15, 0.2) is 66.7 Å². The lowest BCUT2D eigenvalue weighted by atomic mass is 9.94. The van der Waals surface area contributed by atoms with Crippen LogP contribution in [0.2, 0.25) is 0 Å². The van der Waals surface area contributed by atoms with Crippen molar-refractivity contribution in [2.45, 2.75) is 62.6 Å². The van der Waals surface area contributed by atoms with Crippen LogP contribution in [0.4, 0.5) is 18.9 Å². The molecule has 242 valence electrons. The van der Waals surface area contributed by atoms with Gasteiger partial charge in [0.15, 0.2) is 0 Å². The Morgan fingerprint density at radius 2 is 1.70 bits per heavy atom. The number of hydrogen-bond donors (Lipinski definition) is 3. The molecule has 0 spiro atoms. The van der Waals surface area contributed by atoms with E-state index in [1.807, 2.05) is 12.1 Å². The molecule has 3 atom stereocenters. The van der Waals surface area contributed by atoms with E-state index in [0.29, 0.717) is 12.8 Å². The summed E-state index contributed by atoms with van der Waals surface area (Å²) in [4.78, 5) is 41.1. The Morgan fingerprint density at radius 1 is 0.978 bits per heavy atom. The minimum atomic E-state index is -4.52. The molecular weight excluding hydrogens is 603 g/mol. The van der Waals surface area contributed by atoms with E-state index in [9.17, 15) is 32.7 Å². The minimum Gasteiger partial charge on any atom is -0.490 e. The zero-order chi connectivity index (χ0) is 32.4. The number of ether oxygens (including phenoxy) is 2. The first-order chi connectivity index (χ1) is 22.1. The van der Waals surface area contributed by atoms with E-state index in [4.69, 9.17) is 9.47 Å². The number of carbonyl (C=O) groups excluding carboxylic acids is 3. The number of fused-ring (bicyclic) bond motifs is 3. The molecule has 3 N–H and O–H groups in total. The van der Waals surface area contributed by atoms with E-state index in [-0.39, 0.29) is 66.8 Å². The maximum atomic E-state index is 13.8. The van der Waals surface area contributed by atoms with E-state index in [0.717, 1.165) is 37.1 Å². The van der Waals surface area contributed by atoms with Gasteiger partial charge in [0.2, 0.25) is 5.91 Å². The molecule has 0 aromatic heterocycles. The first kappa shape index (κ1) is 31.6. The van der Waals surface area contributed by atoms with Crippen molar-refractivity contribution >= 4 is 23.4 Å². The molecule has 0 bridgehead atoms. The third kappa shape index (κ3) is 6.87. The van der Waals surface area contributed by atoms with Crippen LogP contribution in [0.3, 0.4) is 0 Å². The highest BCUT2D eigenvalue weighted by Gasteiger charge is 2.41. The number of nitrogens with one attached hydrogen (secondary N) is 2. The number of amides is 3. The summed E-state index contributed by atoms with van der Waals surface area (Å²) in [5.74, 6) is -0.908. The number of benzene rings is 3.